The Morgan fingerprint density at radius 1 is 1.40 bits per heavy atom. The maximum Gasteiger partial charge on any atom is 0.276 e. The van der Waals surface area contributed by atoms with Crippen molar-refractivity contribution in [3.05, 3.63) is 45.5 Å². The van der Waals surface area contributed by atoms with E-state index in [-0.39, 0.29) is 16.0 Å². The fraction of sp³-hybridized carbons (Fsp3) is 0.471. The lowest BCUT2D eigenvalue weighted by molar-refractivity contribution is -0.385. The molecule has 0 aliphatic heterocycles. The number of hydrogen-bond acceptors (Lipinski definition) is 5. The number of nitrogens with zero attached hydrogens (tertiary/aromatic N) is 2. The second-order valence-corrected chi connectivity index (χ2v) is 8.97. The van der Waals surface area contributed by atoms with Gasteiger partial charge in [0, 0.05) is 11.6 Å². The van der Waals surface area contributed by atoms with Crippen molar-refractivity contribution >= 4 is 21.9 Å². The molecule has 134 valence electrons. The van der Waals surface area contributed by atoms with Crippen molar-refractivity contribution in [3.63, 3.8) is 0 Å². The molecular weight excluding hydrogens is 342 g/mol. The third kappa shape index (κ3) is 3.06. The highest BCUT2D eigenvalue weighted by atomic mass is 32.2. The molecule has 0 amide bonds. The van der Waals surface area contributed by atoms with Gasteiger partial charge in [-0.2, -0.15) is 13.5 Å². The smallest absolute Gasteiger partial charge is 0.258 e. The third-order valence-electron chi connectivity index (χ3n) is 5.59. The number of sulfonamides is 1. The highest BCUT2D eigenvalue weighted by Crippen LogP contribution is 2.58. The summed E-state index contributed by atoms with van der Waals surface area (Å²) in [4.78, 5) is 12.4. The van der Waals surface area contributed by atoms with Crippen molar-refractivity contribution in [2.45, 2.75) is 38.5 Å². The molecule has 0 heterocycles. The highest BCUT2D eigenvalue weighted by Gasteiger charge is 2.50. The van der Waals surface area contributed by atoms with Crippen LogP contribution in [-0.2, 0) is 10.0 Å². The minimum atomic E-state index is -3.95. The Kier molecular flexibility index (Phi) is 4.18. The third-order valence-corrected chi connectivity index (χ3v) is 6.81. The molecule has 4 rings (SSSR count). The van der Waals surface area contributed by atoms with Gasteiger partial charge in [-0.05, 0) is 48.7 Å². The second kappa shape index (κ2) is 5.94. The maximum absolute atomic E-state index is 12.3. The zero-order valence-electron chi connectivity index (χ0n) is 14.4. The molecule has 0 radical (unpaired) electrons. The molecule has 0 saturated heterocycles. The Labute approximate surface area is 147 Å². The van der Waals surface area contributed by atoms with Gasteiger partial charge in [-0.1, -0.05) is 26.0 Å². The zero-order chi connectivity index (χ0) is 18.4. The Bertz CT molecular complexity index is 887. The second-order valence-electron chi connectivity index (χ2n) is 7.30. The van der Waals surface area contributed by atoms with Crippen LogP contribution < -0.4 is 4.83 Å². The van der Waals surface area contributed by atoms with Crippen LogP contribution in [0.5, 0.6) is 0 Å². The lowest BCUT2D eigenvalue weighted by atomic mass is 9.49. The standard InChI is InChI=1S/C17H21N3O4S/c1-11-4-7-14(9-16(11)20(21)22)25(23,24)19-18-10-12-5-6-13-8-15(12)17(13,2)3/h4-5,7,9-10,13,15,19H,6,8H2,1-3H3. The summed E-state index contributed by atoms with van der Waals surface area (Å²) in [5, 5.41) is 14.9. The van der Waals surface area contributed by atoms with Crippen molar-refractivity contribution in [1.82, 2.24) is 4.83 Å². The van der Waals surface area contributed by atoms with Gasteiger partial charge in [0.1, 0.15) is 0 Å². The first-order valence-electron chi connectivity index (χ1n) is 8.13. The normalized spacial score (nSPS) is 24.5. The maximum atomic E-state index is 12.3. The Morgan fingerprint density at radius 3 is 2.72 bits per heavy atom. The summed E-state index contributed by atoms with van der Waals surface area (Å²) in [7, 11) is -3.95. The average Bonchev–Trinajstić information content (AvgIpc) is 2.54. The monoisotopic (exact) mass is 363 g/mol. The van der Waals surface area contributed by atoms with E-state index in [1.165, 1.54) is 12.1 Å². The number of fused-ring (bicyclic) bond motifs is 1. The molecule has 7 nitrogen and oxygen atoms in total. The van der Waals surface area contributed by atoms with Crippen LogP contribution in [-0.4, -0.2) is 19.6 Å². The minimum Gasteiger partial charge on any atom is -0.258 e. The van der Waals surface area contributed by atoms with Crippen molar-refractivity contribution in [1.29, 1.82) is 0 Å². The first-order chi connectivity index (χ1) is 11.6. The summed E-state index contributed by atoms with van der Waals surface area (Å²) in [6, 6.07) is 3.80. The van der Waals surface area contributed by atoms with E-state index < -0.39 is 14.9 Å². The minimum absolute atomic E-state index is 0.177. The number of aryl methyl sites for hydroxylation is 1. The van der Waals surface area contributed by atoms with Gasteiger partial charge in [0.2, 0.25) is 0 Å². The molecule has 2 bridgehead atoms. The van der Waals surface area contributed by atoms with Crippen LogP contribution >= 0.6 is 0 Å². The highest BCUT2D eigenvalue weighted by molar-refractivity contribution is 7.89. The molecule has 3 aliphatic rings. The van der Waals surface area contributed by atoms with Gasteiger partial charge in [0.05, 0.1) is 16.0 Å². The number of rotatable bonds is 5. The summed E-state index contributed by atoms with van der Waals surface area (Å²) in [6.07, 6.45) is 5.77. The average molecular weight is 363 g/mol. The van der Waals surface area contributed by atoms with E-state index in [1.54, 1.807) is 13.1 Å². The molecule has 3 aliphatic carbocycles. The number of nitro groups is 1. The zero-order valence-corrected chi connectivity index (χ0v) is 15.2. The number of nitrogens with one attached hydrogen (secondary N) is 1. The molecule has 1 saturated carbocycles. The Balaban J connectivity index is 1.76. The van der Waals surface area contributed by atoms with Crippen LogP contribution in [0, 0.1) is 34.3 Å². The van der Waals surface area contributed by atoms with E-state index in [0.717, 1.165) is 24.5 Å². The molecule has 1 aromatic carbocycles. The van der Waals surface area contributed by atoms with Crippen molar-refractivity contribution in [3.8, 4) is 0 Å². The van der Waals surface area contributed by atoms with Crippen LogP contribution in [0.3, 0.4) is 0 Å². The molecule has 0 spiro atoms. The number of allylic oxidation sites excluding steroid dienone is 2. The van der Waals surface area contributed by atoms with Crippen LogP contribution in [0.25, 0.3) is 0 Å². The topological polar surface area (TPSA) is 102 Å². The summed E-state index contributed by atoms with van der Waals surface area (Å²) in [5.41, 5.74) is 1.45. The predicted octanol–water partition coefficient (Wildman–Crippen LogP) is 3.16. The van der Waals surface area contributed by atoms with E-state index in [4.69, 9.17) is 0 Å². The Morgan fingerprint density at radius 2 is 2.12 bits per heavy atom. The molecule has 2 unspecified atom stereocenters. The van der Waals surface area contributed by atoms with Crippen molar-refractivity contribution in [2.24, 2.45) is 22.4 Å². The van der Waals surface area contributed by atoms with Gasteiger partial charge in [-0.3, -0.25) is 10.1 Å². The lowest BCUT2D eigenvalue weighted by Crippen LogP contribution is -2.48. The van der Waals surface area contributed by atoms with E-state index in [0.29, 0.717) is 17.4 Å². The van der Waals surface area contributed by atoms with Gasteiger partial charge in [-0.15, -0.1) is 0 Å². The fourth-order valence-electron chi connectivity index (χ4n) is 3.72. The van der Waals surface area contributed by atoms with Gasteiger partial charge < -0.3 is 0 Å². The van der Waals surface area contributed by atoms with E-state index in [9.17, 15) is 18.5 Å². The quantitative estimate of drug-likeness (QED) is 0.493. The van der Waals surface area contributed by atoms with E-state index >= 15 is 0 Å². The van der Waals surface area contributed by atoms with Crippen LogP contribution in [0.2, 0.25) is 0 Å². The number of benzene rings is 1. The van der Waals surface area contributed by atoms with E-state index in [2.05, 4.69) is 29.9 Å². The fourth-order valence-corrected chi connectivity index (χ4v) is 4.53. The van der Waals surface area contributed by atoms with Crippen LogP contribution in [0.4, 0.5) is 5.69 Å². The van der Waals surface area contributed by atoms with Crippen LogP contribution in [0.15, 0.2) is 39.8 Å². The SMILES string of the molecule is Cc1ccc(S(=O)(=O)NN=CC2=CCC3CC2C3(C)C)cc1[N+](=O)[O-]. The number of hydrogen-bond donors (Lipinski definition) is 1. The van der Waals surface area contributed by atoms with E-state index in [1.807, 2.05) is 0 Å². The van der Waals surface area contributed by atoms with Gasteiger partial charge >= 0.3 is 0 Å². The van der Waals surface area contributed by atoms with Crippen molar-refractivity contribution < 1.29 is 13.3 Å². The summed E-state index contributed by atoms with van der Waals surface area (Å²) < 4.78 is 24.6. The lowest BCUT2D eigenvalue weighted by Gasteiger charge is -2.55. The molecule has 2 atom stereocenters. The van der Waals surface area contributed by atoms with Crippen molar-refractivity contribution in [2.75, 3.05) is 0 Å². The first-order valence-corrected chi connectivity index (χ1v) is 9.61. The largest absolute Gasteiger partial charge is 0.276 e. The molecule has 0 aromatic heterocycles. The van der Waals surface area contributed by atoms with Crippen LogP contribution in [0.1, 0.15) is 32.3 Å². The number of hydrazone groups is 1. The van der Waals surface area contributed by atoms with Gasteiger partial charge in [0.15, 0.2) is 0 Å². The Hall–Kier alpha value is -2.22. The van der Waals surface area contributed by atoms with Gasteiger partial charge in [0.25, 0.3) is 15.7 Å². The first kappa shape index (κ1) is 17.6. The number of nitro benzene ring substituents is 1. The summed E-state index contributed by atoms with van der Waals surface area (Å²) >= 11 is 0. The molecule has 8 heteroatoms. The predicted molar refractivity (Wildman–Crippen MR) is 94.7 cm³/mol. The molecular formula is C17H21N3O4S. The molecule has 1 fully saturated rings. The molecule has 25 heavy (non-hydrogen) atoms. The summed E-state index contributed by atoms with van der Waals surface area (Å²) in [5.74, 6) is 1.10. The molecule has 1 N–H and O–H groups in total. The summed E-state index contributed by atoms with van der Waals surface area (Å²) in [6.45, 7) is 6.01. The molecule has 1 aromatic rings. The van der Waals surface area contributed by atoms with Gasteiger partial charge in [-0.25, -0.2) is 4.83 Å².